The zero-order valence-electron chi connectivity index (χ0n) is 9.27. The van der Waals surface area contributed by atoms with Crippen LogP contribution in [-0.2, 0) is 10.0 Å². The number of pyridine rings is 1. The van der Waals surface area contributed by atoms with Crippen LogP contribution in [0.3, 0.4) is 0 Å². The van der Waals surface area contributed by atoms with Gasteiger partial charge in [0.1, 0.15) is 10.0 Å². The van der Waals surface area contributed by atoms with E-state index in [0.29, 0.717) is 14.3 Å². The predicted octanol–water partition coefficient (Wildman–Crippen LogP) is 3.79. The fourth-order valence-electron chi connectivity index (χ4n) is 1.34. The van der Waals surface area contributed by atoms with E-state index in [1.54, 1.807) is 18.2 Å². The van der Waals surface area contributed by atoms with Crippen LogP contribution in [-0.4, -0.2) is 13.4 Å². The summed E-state index contributed by atoms with van der Waals surface area (Å²) >= 11 is 13.6. The minimum Gasteiger partial charge on any atom is -0.278 e. The summed E-state index contributed by atoms with van der Waals surface area (Å²) in [7, 11) is -3.77. The SMILES string of the molecule is O=S(=O)(Nc1ccc(Cl)cc1I)c1cccnc1Cl. The highest BCUT2D eigenvalue weighted by Gasteiger charge is 2.19. The van der Waals surface area contributed by atoms with E-state index in [9.17, 15) is 8.42 Å². The zero-order valence-corrected chi connectivity index (χ0v) is 13.8. The molecule has 0 saturated carbocycles. The molecule has 0 saturated heterocycles. The van der Waals surface area contributed by atoms with Crippen LogP contribution in [0.4, 0.5) is 5.69 Å². The molecule has 0 atom stereocenters. The van der Waals surface area contributed by atoms with Gasteiger partial charge in [0, 0.05) is 14.8 Å². The van der Waals surface area contributed by atoms with Gasteiger partial charge in [0.05, 0.1) is 5.69 Å². The van der Waals surface area contributed by atoms with Crippen LogP contribution in [0, 0.1) is 3.57 Å². The third-order valence-corrected chi connectivity index (χ3v) is 5.13. The number of rotatable bonds is 3. The summed E-state index contributed by atoms with van der Waals surface area (Å²) in [6, 6.07) is 7.75. The molecule has 1 aromatic carbocycles. The lowest BCUT2D eigenvalue weighted by molar-refractivity contribution is 0.601. The highest BCUT2D eigenvalue weighted by Crippen LogP contribution is 2.26. The molecular formula is C11H7Cl2IN2O2S. The first-order valence-electron chi connectivity index (χ1n) is 4.98. The molecule has 8 heteroatoms. The molecule has 0 aliphatic carbocycles. The Kier molecular flexibility index (Phi) is 4.54. The number of hydrogen-bond donors (Lipinski definition) is 1. The Morgan fingerprint density at radius 2 is 1.95 bits per heavy atom. The third kappa shape index (κ3) is 3.50. The Morgan fingerprint density at radius 3 is 2.58 bits per heavy atom. The van der Waals surface area contributed by atoms with Gasteiger partial charge in [-0.05, 0) is 52.9 Å². The third-order valence-electron chi connectivity index (χ3n) is 2.19. The maximum atomic E-state index is 12.2. The van der Waals surface area contributed by atoms with Crippen LogP contribution < -0.4 is 4.72 Å². The van der Waals surface area contributed by atoms with Gasteiger partial charge < -0.3 is 0 Å². The second-order valence-corrected chi connectivity index (χ2v) is 7.13. The van der Waals surface area contributed by atoms with Crippen molar-refractivity contribution >= 4 is 61.5 Å². The molecule has 0 unspecified atom stereocenters. The van der Waals surface area contributed by atoms with E-state index in [-0.39, 0.29) is 10.0 Å². The molecule has 2 aromatic rings. The summed E-state index contributed by atoms with van der Waals surface area (Å²) < 4.78 is 27.5. The first kappa shape index (κ1) is 14.8. The lowest BCUT2D eigenvalue weighted by atomic mass is 10.3. The minimum atomic E-state index is -3.77. The van der Waals surface area contributed by atoms with Crippen LogP contribution in [0.1, 0.15) is 0 Å². The van der Waals surface area contributed by atoms with Gasteiger partial charge in [0.25, 0.3) is 10.0 Å². The number of anilines is 1. The van der Waals surface area contributed by atoms with Gasteiger partial charge in [-0.25, -0.2) is 13.4 Å². The molecule has 2 rings (SSSR count). The van der Waals surface area contributed by atoms with Gasteiger partial charge in [-0.3, -0.25) is 4.72 Å². The second-order valence-electron chi connectivity index (χ2n) is 3.52. The van der Waals surface area contributed by atoms with Crippen molar-refractivity contribution in [3.8, 4) is 0 Å². The molecule has 0 spiro atoms. The van der Waals surface area contributed by atoms with Crippen molar-refractivity contribution in [3.05, 3.63) is 50.3 Å². The van der Waals surface area contributed by atoms with E-state index >= 15 is 0 Å². The monoisotopic (exact) mass is 428 g/mol. The van der Waals surface area contributed by atoms with Gasteiger partial charge in [0.2, 0.25) is 0 Å². The van der Waals surface area contributed by atoms with E-state index in [4.69, 9.17) is 23.2 Å². The van der Waals surface area contributed by atoms with Crippen molar-refractivity contribution in [2.75, 3.05) is 4.72 Å². The second kappa shape index (κ2) is 5.82. The Bertz CT molecular complexity index is 722. The van der Waals surface area contributed by atoms with Crippen LogP contribution in [0.15, 0.2) is 41.4 Å². The van der Waals surface area contributed by atoms with Crippen molar-refractivity contribution in [3.63, 3.8) is 0 Å². The number of nitrogens with zero attached hydrogens (tertiary/aromatic N) is 1. The number of nitrogens with one attached hydrogen (secondary N) is 1. The first-order valence-corrected chi connectivity index (χ1v) is 8.30. The molecule has 0 bridgehead atoms. The molecule has 1 heterocycles. The van der Waals surface area contributed by atoms with E-state index in [2.05, 4.69) is 9.71 Å². The lowest BCUT2D eigenvalue weighted by Crippen LogP contribution is -2.14. The fraction of sp³-hybridized carbons (Fsp3) is 0. The quantitative estimate of drug-likeness (QED) is 0.597. The predicted molar refractivity (Wildman–Crippen MR) is 84.2 cm³/mol. The molecule has 0 radical (unpaired) electrons. The normalized spacial score (nSPS) is 11.3. The topological polar surface area (TPSA) is 59.1 Å². The van der Waals surface area contributed by atoms with E-state index in [1.165, 1.54) is 18.3 Å². The van der Waals surface area contributed by atoms with Crippen molar-refractivity contribution in [1.82, 2.24) is 4.98 Å². The number of sulfonamides is 1. The van der Waals surface area contributed by atoms with Gasteiger partial charge in [-0.2, -0.15) is 0 Å². The van der Waals surface area contributed by atoms with Crippen LogP contribution >= 0.6 is 45.8 Å². The van der Waals surface area contributed by atoms with Crippen molar-refractivity contribution in [1.29, 1.82) is 0 Å². The van der Waals surface area contributed by atoms with Crippen LogP contribution in [0.2, 0.25) is 10.2 Å². The lowest BCUT2D eigenvalue weighted by Gasteiger charge is -2.10. The number of benzene rings is 1. The summed E-state index contributed by atoms with van der Waals surface area (Å²) in [6.45, 7) is 0. The Balaban J connectivity index is 2.40. The minimum absolute atomic E-state index is 0.0672. The molecule has 0 aliphatic rings. The molecule has 0 aliphatic heterocycles. The maximum Gasteiger partial charge on any atom is 0.264 e. The summed E-state index contributed by atoms with van der Waals surface area (Å²) in [4.78, 5) is 3.68. The van der Waals surface area contributed by atoms with Crippen molar-refractivity contribution < 1.29 is 8.42 Å². The number of halogens is 3. The Hall–Kier alpha value is -0.570. The zero-order chi connectivity index (χ0) is 14.0. The van der Waals surface area contributed by atoms with Gasteiger partial charge >= 0.3 is 0 Å². The molecule has 0 amide bonds. The highest BCUT2D eigenvalue weighted by atomic mass is 127. The van der Waals surface area contributed by atoms with Crippen molar-refractivity contribution in [2.24, 2.45) is 0 Å². The molecule has 0 fully saturated rings. The molecule has 1 N–H and O–H groups in total. The van der Waals surface area contributed by atoms with E-state index < -0.39 is 10.0 Å². The molecule has 19 heavy (non-hydrogen) atoms. The molecule has 1 aromatic heterocycles. The maximum absolute atomic E-state index is 12.2. The average molecular weight is 429 g/mol. The van der Waals surface area contributed by atoms with E-state index in [0.717, 1.165) is 0 Å². The van der Waals surface area contributed by atoms with E-state index in [1.807, 2.05) is 22.6 Å². The average Bonchev–Trinajstić information content (AvgIpc) is 2.33. The first-order chi connectivity index (χ1) is 8.90. The largest absolute Gasteiger partial charge is 0.278 e. The van der Waals surface area contributed by atoms with Crippen molar-refractivity contribution in [2.45, 2.75) is 4.90 Å². The van der Waals surface area contributed by atoms with Gasteiger partial charge in [0.15, 0.2) is 0 Å². The van der Waals surface area contributed by atoms with Gasteiger partial charge in [-0.1, -0.05) is 23.2 Å². The Morgan fingerprint density at radius 1 is 1.21 bits per heavy atom. The summed E-state index contributed by atoms with van der Waals surface area (Å²) in [5.41, 5.74) is 0.435. The standard InChI is InChI=1S/C11H7Cl2IN2O2S/c12-7-3-4-9(8(14)6-7)16-19(17,18)10-2-1-5-15-11(10)13/h1-6,16H. The number of aromatic nitrogens is 1. The van der Waals surface area contributed by atoms with Crippen LogP contribution in [0.25, 0.3) is 0 Å². The fourth-order valence-corrected chi connectivity index (χ4v) is 4.07. The molecule has 100 valence electrons. The Labute approximate surface area is 134 Å². The highest BCUT2D eigenvalue weighted by molar-refractivity contribution is 14.1. The van der Waals surface area contributed by atoms with Crippen LogP contribution in [0.5, 0.6) is 0 Å². The molecular weight excluding hydrogens is 422 g/mol. The summed E-state index contributed by atoms with van der Waals surface area (Å²) in [5.74, 6) is 0. The summed E-state index contributed by atoms with van der Waals surface area (Å²) in [5, 5.41) is 0.464. The molecule has 4 nitrogen and oxygen atoms in total. The summed E-state index contributed by atoms with van der Waals surface area (Å²) in [6.07, 6.45) is 1.42. The van der Waals surface area contributed by atoms with Gasteiger partial charge in [-0.15, -0.1) is 0 Å². The smallest absolute Gasteiger partial charge is 0.264 e. The number of hydrogen-bond acceptors (Lipinski definition) is 3.